The molecule has 120 valence electrons. The van der Waals surface area contributed by atoms with Crippen molar-refractivity contribution in [3.05, 3.63) is 59.4 Å². The van der Waals surface area contributed by atoms with E-state index in [2.05, 4.69) is 0 Å². The molecule has 3 rings (SSSR count). The average molecular weight is 321 g/mol. The highest BCUT2D eigenvalue weighted by Crippen LogP contribution is 2.41. The van der Waals surface area contributed by atoms with E-state index < -0.39 is 18.5 Å². The van der Waals surface area contributed by atoms with Crippen LogP contribution < -0.4 is 9.64 Å². The fraction of sp³-hybridized carbons (Fsp3) is 0.235. The number of hydrogen-bond donors (Lipinski definition) is 0. The fourth-order valence-electron chi connectivity index (χ4n) is 2.62. The van der Waals surface area contributed by atoms with Gasteiger partial charge in [0.2, 0.25) is 0 Å². The van der Waals surface area contributed by atoms with E-state index >= 15 is 0 Å². The Morgan fingerprint density at radius 3 is 2.65 bits per heavy atom. The molecule has 0 bridgehead atoms. The Kier molecular flexibility index (Phi) is 3.75. The molecule has 0 aromatic heterocycles. The first kappa shape index (κ1) is 15.4. The number of Topliss-reactive ketones (excluding diaryl/α,β-unsaturated/α-hetero) is 1. The van der Waals surface area contributed by atoms with Gasteiger partial charge in [-0.1, -0.05) is 24.3 Å². The van der Waals surface area contributed by atoms with Crippen LogP contribution in [0.4, 0.5) is 18.9 Å². The first-order valence-corrected chi connectivity index (χ1v) is 7.06. The van der Waals surface area contributed by atoms with Crippen LogP contribution in [-0.2, 0) is 6.54 Å². The molecule has 2 aromatic carbocycles. The normalized spacial score (nSPS) is 15.7. The van der Waals surface area contributed by atoms with E-state index in [1.54, 1.807) is 18.2 Å². The zero-order valence-corrected chi connectivity index (χ0v) is 12.4. The lowest BCUT2D eigenvalue weighted by Gasteiger charge is -2.36. The van der Waals surface area contributed by atoms with Gasteiger partial charge >= 0.3 is 6.11 Å². The van der Waals surface area contributed by atoms with E-state index in [0.717, 1.165) is 0 Å². The van der Waals surface area contributed by atoms with Gasteiger partial charge in [-0.05, 0) is 25.1 Å². The highest BCUT2D eigenvalue weighted by molar-refractivity contribution is 5.99. The van der Waals surface area contributed by atoms with Crippen LogP contribution >= 0.6 is 0 Å². The molecular weight excluding hydrogens is 307 g/mol. The number of rotatable bonds is 3. The third-order valence-electron chi connectivity index (χ3n) is 3.66. The highest BCUT2D eigenvalue weighted by Gasteiger charge is 2.41. The van der Waals surface area contributed by atoms with Gasteiger partial charge in [-0.2, -0.15) is 8.78 Å². The van der Waals surface area contributed by atoms with Crippen LogP contribution in [0.1, 0.15) is 22.8 Å². The minimum absolute atomic E-state index is 0.0417. The maximum atomic E-state index is 13.9. The Morgan fingerprint density at radius 1 is 1.22 bits per heavy atom. The molecule has 2 aromatic rings. The van der Waals surface area contributed by atoms with Gasteiger partial charge in [-0.25, -0.2) is 4.39 Å². The number of carbonyl (C=O) groups excluding carboxylic acids is 1. The summed E-state index contributed by atoms with van der Waals surface area (Å²) in [5.41, 5.74) is 0.733. The molecule has 0 unspecified atom stereocenters. The third kappa shape index (κ3) is 3.02. The summed E-state index contributed by atoms with van der Waals surface area (Å²) in [5.74, 6) is -0.996. The molecule has 0 spiro atoms. The minimum Gasteiger partial charge on any atom is -0.428 e. The van der Waals surface area contributed by atoms with Crippen LogP contribution in [0.15, 0.2) is 42.5 Å². The van der Waals surface area contributed by atoms with E-state index in [1.807, 2.05) is 0 Å². The van der Waals surface area contributed by atoms with E-state index in [9.17, 15) is 18.0 Å². The van der Waals surface area contributed by atoms with Crippen LogP contribution in [0.3, 0.4) is 0 Å². The summed E-state index contributed by atoms with van der Waals surface area (Å²) < 4.78 is 46.4. The second-order valence-electron chi connectivity index (χ2n) is 5.40. The Bertz CT molecular complexity index is 761. The zero-order valence-electron chi connectivity index (χ0n) is 12.4. The van der Waals surface area contributed by atoms with Gasteiger partial charge in [0, 0.05) is 12.1 Å². The lowest BCUT2D eigenvalue weighted by Crippen LogP contribution is -2.45. The maximum absolute atomic E-state index is 13.9. The Balaban J connectivity index is 2.05. The number of alkyl halides is 2. The van der Waals surface area contributed by atoms with Gasteiger partial charge in [-0.15, -0.1) is 0 Å². The summed E-state index contributed by atoms with van der Waals surface area (Å²) in [6.45, 7) is 0.530. The van der Waals surface area contributed by atoms with Crippen molar-refractivity contribution in [1.82, 2.24) is 0 Å². The molecule has 1 aliphatic heterocycles. The number of para-hydroxylation sites is 1. The molecule has 1 aliphatic rings. The Labute approximate surface area is 131 Å². The molecular formula is C17H14F3NO2. The van der Waals surface area contributed by atoms with Gasteiger partial charge in [-0.3, -0.25) is 4.79 Å². The van der Waals surface area contributed by atoms with Gasteiger partial charge in [0.25, 0.3) is 0 Å². The molecule has 6 heteroatoms. The second-order valence-corrected chi connectivity index (χ2v) is 5.40. The molecule has 0 fully saturated rings. The van der Waals surface area contributed by atoms with Crippen LogP contribution in [0, 0.1) is 5.82 Å². The Hall–Kier alpha value is -2.50. The molecule has 0 atom stereocenters. The van der Waals surface area contributed by atoms with Crippen molar-refractivity contribution in [3.63, 3.8) is 0 Å². The molecule has 23 heavy (non-hydrogen) atoms. The predicted octanol–water partition coefficient (Wildman–Crippen LogP) is 4.02. The van der Waals surface area contributed by atoms with Crippen LogP contribution in [0.25, 0.3) is 0 Å². The van der Waals surface area contributed by atoms with Crippen molar-refractivity contribution < 1.29 is 22.7 Å². The summed E-state index contributed by atoms with van der Waals surface area (Å²) in [5, 5.41) is 0. The van der Waals surface area contributed by atoms with E-state index in [0.29, 0.717) is 11.3 Å². The van der Waals surface area contributed by atoms with Crippen molar-refractivity contribution in [1.29, 1.82) is 0 Å². The summed E-state index contributed by atoms with van der Waals surface area (Å²) in [7, 11) is 0. The summed E-state index contributed by atoms with van der Waals surface area (Å²) in [4.78, 5) is 13.0. The van der Waals surface area contributed by atoms with Crippen molar-refractivity contribution in [2.45, 2.75) is 19.6 Å². The topological polar surface area (TPSA) is 29.5 Å². The second kappa shape index (κ2) is 5.61. The number of nitrogens with zero attached hydrogens (tertiary/aromatic N) is 1. The standard InChI is InChI=1S/C17H14F3NO2/c1-11(22)13-6-4-8-15-16(13)23-17(19,20)10-21(15)9-12-5-2-3-7-14(12)18/h2-8H,9-10H2,1H3. The molecule has 0 amide bonds. The van der Waals surface area contributed by atoms with Crippen molar-refractivity contribution in [2.24, 2.45) is 0 Å². The molecule has 0 N–H and O–H groups in total. The average Bonchev–Trinajstić information content (AvgIpc) is 2.47. The van der Waals surface area contributed by atoms with E-state index in [1.165, 1.54) is 36.1 Å². The van der Waals surface area contributed by atoms with Gasteiger partial charge in [0.1, 0.15) is 12.4 Å². The highest BCUT2D eigenvalue weighted by atomic mass is 19.3. The van der Waals surface area contributed by atoms with E-state index in [-0.39, 0.29) is 23.6 Å². The van der Waals surface area contributed by atoms with Crippen molar-refractivity contribution >= 4 is 11.5 Å². The number of ether oxygens (including phenoxy) is 1. The third-order valence-corrected chi connectivity index (χ3v) is 3.66. The SMILES string of the molecule is CC(=O)c1cccc2c1OC(F)(F)CN2Cc1ccccc1F. The molecule has 0 saturated carbocycles. The molecule has 0 radical (unpaired) electrons. The predicted molar refractivity (Wildman–Crippen MR) is 79.5 cm³/mol. The van der Waals surface area contributed by atoms with Crippen LogP contribution in [-0.4, -0.2) is 18.4 Å². The summed E-state index contributed by atoms with van der Waals surface area (Å²) in [6, 6.07) is 10.6. The fourth-order valence-corrected chi connectivity index (χ4v) is 2.62. The lowest BCUT2D eigenvalue weighted by atomic mass is 10.1. The van der Waals surface area contributed by atoms with Gasteiger partial charge in [0.05, 0.1) is 11.3 Å². The Morgan fingerprint density at radius 2 is 1.96 bits per heavy atom. The molecule has 0 saturated heterocycles. The van der Waals surface area contributed by atoms with Gasteiger partial charge < -0.3 is 9.64 Å². The van der Waals surface area contributed by atoms with E-state index in [4.69, 9.17) is 4.74 Å². The number of hydrogen-bond acceptors (Lipinski definition) is 3. The van der Waals surface area contributed by atoms with Crippen molar-refractivity contribution in [2.75, 3.05) is 11.4 Å². The first-order chi connectivity index (χ1) is 10.9. The summed E-state index contributed by atoms with van der Waals surface area (Å²) in [6.07, 6.45) is -3.45. The molecule has 3 nitrogen and oxygen atoms in total. The van der Waals surface area contributed by atoms with Crippen LogP contribution in [0.5, 0.6) is 5.75 Å². The number of anilines is 1. The van der Waals surface area contributed by atoms with Crippen molar-refractivity contribution in [3.8, 4) is 5.75 Å². The number of benzene rings is 2. The summed E-state index contributed by atoms with van der Waals surface area (Å²) >= 11 is 0. The smallest absolute Gasteiger partial charge is 0.415 e. The first-order valence-electron chi connectivity index (χ1n) is 7.06. The largest absolute Gasteiger partial charge is 0.428 e. The monoisotopic (exact) mass is 321 g/mol. The number of carbonyl (C=O) groups is 1. The number of ketones is 1. The molecule has 0 aliphatic carbocycles. The number of fused-ring (bicyclic) bond motifs is 1. The minimum atomic E-state index is -3.45. The van der Waals surface area contributed by atoms with Gasteiger partial charge in [0.15, 0.2) is 11.5 Å². The molecule has 1 heterocycles. The zero-order chi connectivity index (χ0) is 16.6. The maximum Gasteiger partial charge on any atom is 0.415 e. The lowest BCUT2D eigenvalue weighted by molar-refractivity contribution is -0.172. The quantitative estimate of drug-likeness (QED) is 0.800. The van der Waals surface area contributed by atoms with Crippen LogP contribution in [0.2, 0.25) is 0 Å². The number of halogens is 3.